The Morgan fingerprint density at radius 2 is 1.74 bits per heavy atom. The molecule has 0 spiro atoms. The first-order valence-corrected chi connectivity index (χ1v) is 11.8. The van der Waals surface area contributed by atoms with E-state index in [4.69, 9.17) is 9.47 Å². The number of anilines is 1. The zero-order valence-electron chi connectivity index (χ0n) is 19.4. The van der Waals surface area contributed by atoms with Gasteiger partial charge in [-0.1, -0.05) is 31.5 Å². The molecule has 9 heteroatoms. The highest BCUT2D eigenvalue weighted by molar-refractivity contribution is 6.35. The van der Waals surface area contributed by atoms with Crippen molar-refractivity contribution in [2.75, 3.05) is 51.0 Å². The first kappa shape index (κ1) is 23.8. The lowest BCUT2D eigenvalue weighted by Gasteiger charge is -2.40. The number of carbonyl (C=O) groups is 2. The topological polar surface area (TPSA) is 83.1 Å². The first-order valence-electron chi connectivity index (χ1n) is 11.8. The molecule has 2 aliphatic heterocycles. The molecule has 2 amide bonds. The number of carbonyl (C=O) groups excluding carboxylic acids is 2. The van der Waals surface area contributed by atoms with Gasteiger partial charge < -0.3 is 25.0 Å². The van der Waals surface area contributed by atoms with E-state index in [1.54, 1.807) is 12.1 Å². The summed E-state index contributed by atoms with van der Waals surface area (Å²) in [6.07, 6.45) is 1.76. The maximum atomic E-state index is 14.3. The van der Waals surface area contributed by atoms with E-state index in [2.05, 4.69) is 15.5 Å². The number of amides is 2. The number of ether oxygens (including phenoxy) is 2. The molecular formula is C25H31FN4O4. The molecule has 0 bridgehead atoms. The summed E-state index contributed by atoms with van der Waals surface area (Å²) in [6.45, 7) is 5.58. The maximum absolute atomic E-state index is 14.3. The number of rotatable bonds is 8. The van der Waals surface area contributed by atoms with E-state index < -0.39 is 11.8 Å². The average Bonchev–Trinajstić information content (AvgIpc) is 3.33. The van der Waals surface area contributed by atoms with Crippen LogP contribution < -0.4 is 25.0 Å². The Balaban J connectivity index is 1.44. The molecule has 2 aromatic carbocycles. The van der Waals surface area contributed by atoms with Gasteiger partial charge in [0.2, 0.25) is 6.79 Å². The van der Waals surface area contributed by atoms with Crippen molar-refractivity contribution in [3.05, 3.63) is 53.8 Å². The third kappa shape index (κ3) is 5.59. The van der Waals surface area contributed by atoms with Crippen molar-refractivity contribution in [1.29, 1.82) is 0 Å². The number of piperazine rings is 1. The molecule has 34 heavy (non-hydrogen) atoms. The standard InChI is InChI=1S/C25H31FN4O4/c1-2-3-10-27-24(31)25(32)28-16-21(18-8-9-22-23(15-18)34-17-33-22)30-13-11-29(12-14-30)20-7-5-4-6-19(20)26/h4-9,15,21H,2-3,10-14,16-17H2,1H3,(H,27,31)(H,28,32). The second kappa shape index (κ2) is 11.2. The highest BCUT2D eigenvalue weighted by Crippen LogP contribution is 2.36. The lowest BCUT2D eigenvalue weighted by molar-refractivity contribution is -0.139. The van der Waals surface area contributed by atoms with Crippen LogP contribution in [0.1, 0.15) is 31.4 Å². The SMILES string of the molecule is CCCCNC(=O)C(=O)NCC(c1ccc2c(c1)OCO2)N1CCN(c2ccccc2F)CC1. The van der Waals surface area contributed by atoms with Crippen LogP contribution in [0.4, 0.5) is 10.1 Å². The van der Waals surface area contributed by atoms with E-state index in [1.165, 1.54) is 6.07 Å². The van der Waals surface area contributed by atoms with Crippen LogP contribution in [0.15, 0.2) is 42.5 Å². The minimum absolute atomic E-state index is 0.176. The fraction of sp³-hybridized carbons (Fsp3) is 0.440. The largest absolute Gasteiger partial charge is 0.454 e. The maximum Gasteiger partial charge on any atom is 0.309 e. The van der Waals surface area contributed by atoms with Crippen molar-refractivity contribution in [2.45, 2.75) is 25.8 Å². The summed E-state index contributed by atoms with van der Waals surface area (Å²) in [4.78, 5) is 28.8. The van der Waals surface area contributed by atoms with Gasteiger partial charge in [-0.3, -0.25) is 14.5 Å². The Bertz CT molecular complexity index is 1010. The first-order chi connectivity index (χ1) is 16.6. The molecule has 2 aromatic rings. The third-order valence-corrected chi connectivity index (χ3v) is 6.21. The Hall–Kier alpha value is -3.33. The second-order valence-electron chi connectivity index (χ2n) is 8.42. The van der Waals surface area contributed by atoms with Gasteiger partial charge >= 0.3 is 11.8 Å². The summed E-state index contributed by atoms with van der Waals surface area (Å²) in [5.74, 6) is -0.152. The summed E-state index contributed by atoms with van der Waals surface area (Å²) in [6, 6.07) is 12.3. The second-order valence-corrected chi connectivity index (χ2v) is 8.42. The Kier molecular flexibility index (Phi) is 7.84. The predicted octanol–water partition coefficient (Wildman–Crippen LogP) is 2.45. The van der Waals surface area contributed by atoms with Gasteiger partial charge in [0.05, 0.1) is 11.7 Å². The molecule has 0 aromatic heterocycles. The number of fused-ring (bicyclic) bond motifs is 1. The lowest BCUT2D eigenvalue weighted by atomic mass is 10.0. The fourth-order valence-corrected chi connectivity index (χ4v) is 4.29. The van der Waals surface area contributed by atoms with Crippen molar-refractivity contribution < 1.29 is 23.5 Å². The number of halogens is 1. The molecule has 1 saturated heterocycles. The summed E-state index contributed by atoms with van der Waals surface area (Å²) in [7, 11) is 0. The number of hydrogen-bond donors (Lipinski definition) is 2. The van der Waals surface area contributed by atoms with Gasteiger partial charge in [-0.05, 0) is 36.2 Å². The van der Waals surface area contributed by atoms with Crippen molar-refractivity contribution in [3.63, 3.8) is 0 Å². The van der Waals surface area contributed by atoms with Crippen molar-refractivity contribution in [1.82, 2.24) is 15.5 Å². The van der Waals surface area contributed by atoms with Crippen LogP contribution in [0.2, 0.25) is 0 Å². The molecule has 182 valence electrons. The van der Waals surface area contributed by atoms with Gasteiger partial charge in [0, 0.05) is 39.3 Å². The predicted molar refractivity (Wildman–Crippen MR) is 126 cm³/mol. The van der Waals surface area contributed by atoms with Gasteiger partial charge in [-0.2, -0.15) is 0 Å². The molecule has 0 radical (unpaired) electrons. The Labute approximate surface area is 199 Å². The zero-order valence-corrected chi connectivity index (χ0v) is 19.4. The minimum Gasteiger partial charge on any atom is -0.454 e. The van der Waals surface area contributed by atoms with Crippen LogP contribution in [-0.2, 0) is 9.59 Å². The Morgan fingerprint density at radius 1 is 1.00 bits per heavy atom. The molecule has 2 N–H and O–H groups in total. The van der Waals surface area contributed by atoms with Crippen LogP contribution in [0.25, 0.3) is 0 Å². The quantitative estimate of drug-likeness (QED) is 0.456. The molecular weight excluding hydrogens is 439 g/mol. The van der Waals surface area contributed by atoms with Gasteiger partial charge in [0.25, 0.3) is 0 Å². The number of nitrogens with one attached hydrogen (secondary N) is 2. The Morgan fingerprint density at radius 3 is 2.50 bits per heavy atom. The van der Waals surface area contributed by atoms with Crippen LogP contribution in [0.3, 0.4) is 0 Å². The smallest absolute Gasteiger partial charge is 0.309 e. The van der Waals surface area contributed by atoms with Crippen LogP contribution >= 0.6 is 0 Å². The van der Waals surface area contributed by atoms with E-state index in [9.17, 15) is 14.0 Å². The lowest BCUT2D eigenvalue weighted by Crippen LogP contribution is -2.51. The van der Waals surface area contributed by atoms with E-state index in [-0.39, 0.29) is 25.2 Å². The fourth-order valence-electron chi connectivity index (χ4n) is 4.29. The summed E-state index contributed by atoms with van der Waals surface area (Å²) in [5, 5.41) is 5.43. The van der Waals surface area contributed by atoms with Crippen LogP contribution in [-0.4, -0.2) is 62.8 Å². The van der Waals surface area contributed by atoms with E-state index in [1.807, 2.05) is 36.1 Å². The van der Waals surface area contributed by atoms with Crippen molar-refractivity contribution in [3.8, 4) is 11.5 Å². The molecule has 0 aliphatic carbocycles. The molecule has 2 aliphatic rings. The molecule has 2 heterocycles. The number of hydrogen-bond acceptors (Lipinski definition) is 6. The molecule has 0 saturated carbocycles. The molecule has 4 rings (SSSR count). The number of unbranched alkanes of at least 4 members (excludes halogenated alkanes) is 1. The minimum atomic E-state index is -0.646. The monoisotopic (exact) mass is 470 g/mol. The highest BCUT2D eigenvalue weighted by atomic mass is 19.1. The van der Waals surface area contributed by atoms with Crippen LogP contribution in [0, 0.1) is 5.82 Å². The summed E-state index contributed by atoms with van der Waals surface area (Å²) < 4.78 is 25.2. The van der Waals surface area contributed by atoms with E-state index in [0.717, 1.165) is 18.4 Å². The van der Waals surface area contributed by atoms with Gasteiger partial charge in [0.1, 0.15) is 5.82 Å². The van der Waals surface area contributed by atoms with Gasteiger partial charge in [-0.25, -0.2) is 4.39 Å². The summed E-state index contributed by atoms with van der Waals surface area (Å²) in [5.41, 5.74) is 1.55. The van der Waals surface area contributed by atoms with Crippen molar-refractivity contribution >= 4 is 17.5 Å². The highest BCUT2D eigenvalue weighted by Gasteiger charge is 2.28. The summed E-state index contributed by atoms with van der Waals surface area (Å²) >= 11 is 0. The molecule has 1 atom stereocenters. The van der Waals surface area contributed by atoms with E-state index >= 15 is 0 Å². The van der Waals surface area contributed by atoms with Crippen LogP contribution in [0.5, 0.6) is 11.5 Å². The average molecular weight is 471 g/mol. The van der Waals surface area contributed by atoms with Gasteiger partial charge in [0.15, 0.2) is 11.5 Å². The van der Waals surface area contributed by atoms with Gasteiger partial charge in [-0.15, -0.1) is 0 Å². The van der Waals surface area contributed by atoms with Crippen molar-refractivity contribution in [2.24, 2.45) is 0 Å². The number of para-hydroxylation sites is 1. The number of benzene rings is 2. The molecule has 1 fully saturated rings. The molecule has 1 unspecified atom stereocenters. The third-order valence-electron chi connectivity index (χ3n) is 6.21. The normalized spacial score (nSPS) is 16.2. The van der Waals surface area contributed by atoms with E-state index in [0.29, 0.717) is 49.9 Å². The zero-order chi connectivity index (χ0) is 23.9. The number of nitrogens with zero attached hydrogens (tertiary/aromatic N) is 2. The molecule has 8 nitrogen and oxygen atoms in total.